The fourth-order valence-electron chi connectivity index (χ4n) is 1.26. The van der Waals surface area contributed by atoms with Crippen LogP contribution in [0.4, 0.5) is 0 Å². The molecular weight excluding hydrogens is 216 g/mol. The molecule has 0 aromatic carbocycles. The van der Waals surface area contributed by atoms with Gasteiger partial charge in [-0.25, -0.2) is 8.42 Å². The van der Waals surface area contributed by atoms with Crippen LogP contribution in [-0.2, 0) is 14.8 Å². The van der Waals surface area contributed by atoms with Gasteiger partial charge in [-0.3, -0.25) is 9.52 Å². The van der Waals surface area contributed by atoms with Crippen LogP contribution in [0.5, 0.6) is 0 Å². The molecule has 1 aliphatic carbocycles. The van der Waals surface area contributed by atoms with E-state index in [1.54, 1.807) is 12.2 Å². The monoisotopic (exact) mass is 232 g/mol. The number of carbonyl (C=O) groups excluding carboxylic acids is 1. The van der Waals surface area contributed by atoms with Crippen LogP contribution < -0.4 is 10.5 Å². The van der Waals surface area contributed by atoms with Crippen LogP contribution in [0.3, 0.4) is 0 Å². The van der Waals surface area contributed by atoms with E-state index in [1.165, 1.54) is 13.8 Å². The Hall–Kier alpha value is -0.880. The summed E-state index contributed by atoms with van der Waals surface area (Å²) in [5, 5.41) is -0.611. The number of nitrogens with two attached hydrogens (primary N) is 1. The maximum absolute atomic E-state index is 11.5. The molecule has 15 heavy (non-hydrogen) atoms. The maximum Gasteiger partial charge on any atom is 0.240 e. The van der Waals surface area contributed by atoms with Gasteiger partial charge < -0.3 is 5.73 Å². The van der Waals surface area contributed by atoms with Gasteiger partial charge in [0.15, 0.2) is 0 Å². The molecule has 0 saturated carbocycles. The Morgan fingerprint density at radius 1 is 1.47 bits per heavy atom. The van der Waals surface area contributed by atoms with Gasteiger partial charge >= 0.3 is 0 Å². The first-order chi connectivity index (χ1) is 6.83. The molecule has 0 aromatic heterocycles. The Labute approximate surface area is 89.8 Å². The molecule has 3 N–H and O–H groups in total. The number of rotatable bonds is 3. The minimum absolute atomic E-state index is 0.150. The summed E-state index contributed by atoms with van der Waals surface area (Å²) >= 11 is 0. The van der Waals surface area contributed by atoms with Gasteiger partial charge in [0, 0.05) is 6.04 Å². The minimum Gasteiger partial charge on any atom is -0.324 e. The highest BCUT2D eigenvalue weighted by atomic mass is 32.2. The summed E-state index contributed by atoms with van der Waals surface area (Å²) in [4.78, 5) is 11.5. The molecule has 2 atom stereocenters. The maximum atomic E-state index is 11.5. The number of amides is 1. The SMILES string of the molecule is CC(C)S(=O)(=O)NC(=O)C1C=CC(N)C1. The van der Waals surface area contributed by atoms with Crippen molar-refractivity contribution in [2.75, 3.05) is 0 Å². The third-order valence-electron chi connectivity index (χ3n) is 2.32. The lowest BCUT2D eigenvalue weighted by Gasteiger charge is -2.12. The highest BCUT2D eigenvalue weighted by Crippen LogP contribution is 2.16. The van der Waals surface area contributed by atoms with E-state index >= 15 is 0 Å². The van der Waals surface area contributed by atoms with Crippen molar-refractivity contribution in [2.24, 2.45) is 11.7 Å². The predicted molar refractivity (Wildman–Crippen MR) is 57.4 cm³/mol. The molecule has 0 aliphatic heterocycles. The number of hydrogen-bond donors (Lipinski definition) is 2. The molecular formula is C9H16N2O3S. The molecule has 0 spiro atoms. The van der Waals surface area contributed by atoms with Crippen molar-refractivity contribution in [2.45, 2.75) is 31.6 Å². The number of carbonyl (C=O) groups is 1. The van der Waals surface area contributed by atoms with Crippen molar-refractivity contribution in [1.29, 1.82) is 0 Å². The molecule has 2 unspecified atom stereocenters. The smallest absolute Gasteiger partial charge is 0.240 e. The molecule has 6 heteroatoms. The third-order valence-corrected chi connectivity index (χ3v) is 4.04. The highest BCUT2D eigenvalue weighted by Gasteiger charge is 2.27. The summed E-state index contributed by atoms with van der Waals surface area (Å²) in [5.74, 6) is -0.915. The van der Waals surface area contributed by atoms with Crippen molar-refractivity contribution < 1.29 is 13.2 Å². The Morgan fingerprint density at radius 3 is 2.47 bits per heavy atom. The van der Waals surface area contributed by atoms with Crippen LogP contribution in [0.2, 0.25) is 0 Å². The van der Waals surface area contributed by atoms with Crippen LogP contribution in [0.15, 0.2) is 12.2 Å². The molecule has 5 nitrogen and oxygen atoms in total. The Kier molecular flexibility index (Phi) is 3.51. The summed E-state index contributed by atoms with van der Waals surface area (Å²) in [6.07, 6.45) is 3.83. The van der Waals surface area contributed by atoms with Crippen molar-refractivity contribution in [3.63, 3.8) is 0 Å². The second-order valence-corrected chi connectivity index (χ2v) is 6.19. The van der Waals surface area contributed by atoms with Crippen molar-refractivity contribution in [3.05, 3.63) is 12.2 Å². The summed E-state index contributed by atoms with van der Waals surface area (Å²) < 4.78 is 24.8. The Morgan fingerprint density at radius 2 is 2.07 bits per heavy atom. The van der Waals surface area contributed by atoms with E-state index in [-0.39, 0.29) is 6.04 Å². The average Bonchev–Trinajstić information content (AvgIpc) is 2.50. The largest absolute Gasteiger partial charge is 0.324 e. The zero-order chi connectivity index (χ0) is 11.6. The van der Waals surface area contributed by atoms with E-state index in [0.717, 1.165) is 0 Å². The second-order valence-electron chi connectivity index (χ2n) is 3.95. The van der Waals surface area contributed by atoms with Crippen LogP contribution in [0, 0.1) is 5.92 Å². The van der Waals surface area contributed by atoms with E-state index in [2.05, 4.69) is 0 Å². The van der Waals surface area contributed by atoms with Gasteiger partial charge in [0.05, 0.1) is 11.2 Å². The summed E-state index contributed by atoms with van der Waals surface area (Å²) in [6, 6.07) is -0.150. The zero-order valence-electron chi connectivity index (χ0n) is 8.80. The number of sulfonamides is 1. The number of hydrogen-bond acceptors (Lipinski definition) is 4. The standard InChI is InChI=1S/C9H16N2O3S/c1-6(2)15(13,14)11-9(12)7-3-4-8(10)5-7/h3-4,6-8H,5,10H2,1-2H3,(H,11,12). The van der Waals surface area contributed by atoms with Crippen LogP contribution in [0.25, 0.3) is 0 Å². The second kappa shape index (κ2) is 4.32. The lowest BCUT2D eigenvalue weighted by Crippen LogP contribution is -2.39. The predicted octanol–water partition coefficient (Wildman–Crippen LogP) is -0.256. The third kappa shape index (κ3) is 3.04. The molecule has 0 aromatic rings. The van der Waals surface area contributed by atoms with Crippen molar-refractivity contribution in [3.8, 4) is 0 Å². The van der Waals surface area contributed by atoms with Gasteiger partial charge in [-0.2, -0.15) is 0 Å². The molecule has 86 valence electrons. The molecule has 0 bridgehead atoms. The van der Waals surface area contributed by atoms with Gasteiger partial charge in [0.1, 0.15) is 0 Å². The fourth-order valence-corrected chi connectivity index (χ4v) is 1.92. The van der Waals surface area contributed by atoms with Gasteiger partial charge in [-0.1, -0.05) is 12.2 Å². The van der Waals surface area contributed by atoms with E-state index < -0.39 is 27.1 Å². The summed E-state index contributed by atoms with van der Waals surface area (Å²) in [6.45, 7) is 3.04. The van der Waals surface area contributed by atoms with Gasteiger partial charge in [0.2, 0.25) is 15.9 Å². The van der Waals surface area contributed by atoms with E-state index in [0.29, 0.717) is 6.42 Å². The Balaban J connectivity index is 2.61. The topological polar surface area (TPSA) is 89.3 Å². The number of nitrogens with one attached hydrogen (secondary N) is 1. The Bertz CT molecular complexity index is 373. The molecule has 1 amide bonds. The average molecular weight is 232 g/mol. The molecule has 0 saturated heterocycles. The quantitative estimate of drug-likeness (QED) is 0.656. The first kappa shape index (κ1) is 12.2. The van der Waals surface area contributed by atoms with E-state index in [4.69, 9.17) is 5.73 Å². The van der Waals surface area contributed by atoms with E-state index in [9.17, 15) is 13.2 Å². The molecule has 1 aliphatic rings. The van der Waals surface area contributed by atoms with Crippen LogP contribution in [-0.4, -0.2) is 25.6 Å². The summed E-state index contributed by atoms with van der Waals surface area (Å²) in [5.41, 5.74) is 5.57. The fraction of sp³-hybridized carbons (Fsp3) is 0.667. The van der Waals surface area contributed by atoms with Crippen LogP contribution >= 0.6 is 0 Å². The molecule has 0 radical (unpaired) electrons. The molecule has 0 heterocycles. The first-order valence-electron chi connectivity index (χ1n) is 4.82. The normalized spacial score (nSPS) is 25.9. The van der Waals surface area contributed by atoms with E-state index in [1.807, 2.05) is 4.72 Å². The summed E-state index contributed by atoms with van der Waals surface area (Å²) in [7, 11) is -3.53. The van der Waals surface area contributed by atoms with Gasteiger partial charge in [0.25, 0.3) is 0 Å². The lowest BCUT2D eigenvalue weighted by atomic mass is 10.1. The molecule has 1 rings (SSSR count). The van der Waals surface area contributed by atoms with Crippen molar-refractivity contribution in [1.82, 2.24) is 4.72 Å². The van der Waals surface area contributed by atoms with Crippen LogP contribution in [0.1, 0.15) is 20.3 Å². The highest BCUT2D eigenvalue weighted by molar-refractivity contribution is 7.90. The van der Waals surface area contributed by atoms with Gasteiger partial charge in [-0.05, 0) is 20.3 Å². The van der Waals surface area contributed by atoms with Gasteiger partial charge in [-0.15, -0.1) is 0 Å². The molecule has 0 fully saturated rings. The van der Waals surface area contributed by atoms with Crippen molar-refractivity contribution >= 4 is 15.9 Å². The first-order valence-corrected chi connectivity index (χ1v) is 6.37. The lowest BCUT2D eigenvalue weighted by molar-refractivity contribution is -0.121. The minimum atomic E-state index is -3.53. The zero-order valence-corrected chi connectivity index (χ0v) is 9.62.